The molecule has 1 N–H and O–H groups in total. The van der Waals surface area contributed by atoms with E-state index in [1.54, 1.807) is 12.7 Å². The summed E-state index contributed by atoms with van der Waals surface area (Å²) in [6.45, 7) is 17.1. The summed E-state index contributed by atoms with van der Waals surface area (Å²) in [5.41, 5.74) is 1.63. The fraction of sp³-hybridized carbons (Fsp3) is 0.865. The second-order valence-electron chi connectivity index (χ2n) is 17.3. The normalized spacial score (nSPS) is 42.7. The Labute approximate surface area is 260 Å². The molecule has 0 radical (unpaired) electrons. The lowest BCUT2D eigenvalue weighted by molar-refractivity contribution is -0.214. The molecule has 0 aromatic rings. The number of carboxylic acids is 1. The smallest absolute Gasteiger partial charge is 0.312 e. The number of methoxy groups -OCH3 is 1. The van der Waals surface area contributed by atoms with Crippen LogP contribution in [0.15, 0.2) is 11.6 Å². The van der Waals surface area contributed by atoms with Gasteiger partial charge in [-0.2, -0.15) is 0 Å². The summed E-state index contributed by atoms with van der Waals surface area (Å²) in [6.07, 6.45) is 14.3. The van der Waals surface area contributed by atoms with Crippen molar-refractivity contribution in [2.45, 2.75) is 144 Å². The number of esters is 2. The minimum atomic E-state index is -0.817. The van der Waals surface area contributed by atoms with Gasteiger partial charge < -0.3 is 14.6 Å². The SMILES string of the molecule is COC(=O)[C@]12CCC(C)(C)C[C@H]1C1=CC[C@@H]3[C@@]4(C)CC[C@H](OC(=O)CCCCC(=O)O)C(C)(C)[C@@H]4CC[C@@]3(C)[C@]1(C)CC2. The number of hydrogen-bond donors (Lipinski definition) is 1. The summed E-state index contributed by atoms with van der Waals surface area (Å²) in [7, 11) is 1.57. The van der Waals surface area contributed by atoms with Crippen molar-refractivity contribution in [1.82, 2.24) is 0 Å². The molecule has 0 bridgehead atoms. The molecular formula is C37H58O6. The highest BCUT2D eigenvalue weighted by Gasteiger charge is 2.69. The summed E-state index contributed by atoms with van der Waals surface area (Å²) < 4.78 is 11.7. The van der Waals surface area contributed by atoms with Crippen molar-refractivity contribution in [2.75, 3.05) is 7.11 Å². The Kier molecular flexibility index (Phi) is 8.25. The molecule has 0 aromatic heterocycles. The Morgan fingerprint density at radius 2 is 1.53 bits per heavy atom. The van der Waals surface area contributed by atoms with Crippen LogP contribution in [0, 0.1) is 50.2 Å². The van der Waals surface area contributed by atoms with Gasteiger partial charge in [0.25, 0.3) is 0 Å². The van der Waals surface area contributed by atoms with Crippen LogP contribution in [-0.2, 0) is 23.9 Å². The highest BCUT2D eigenvalue weighted by Crippen LogP contribution is 2.76. The molecule has 0 saturated heterocycles. The third-order valence-electron chi connectivity index (χ3n) is 14.5. The van der Waals surface area contributed by atoms with Gasteiger partial charge in [-0.15, -0.1) is 0 Å². The summed E-state index contributed by atoms with van der Waals surface area (Å²) in [5.74, 6) is 0.270. The van der Waals surface area contributed by atoms with Gasteiger partial charge in [-0.3, -0.25) is 14.4 Å². The fourth-order valence-corrected chi connectivity index (χ4v) is 11.8. The maximum atomic E-state index is 13.5. The molecule has 4 fully saturated rings. The molecule has 6 nitrogen and oxygen atoms in total. The fourth-order valence-electron chi connectivity index (χ4n) is 11.8. The minimum absolute atomic E-state index is 0.00963. The average molecular weight is 599 g/mol. The van der Waals surface area contributed by atoms with Gasteiger partial charge in [0.05, 0.1) is 12.5 Å². The molecule has 4 saturated carbocycles. The van der Waals surface area contributed by atoms with E-state index in [4.69, 9.17) is 14.6 Å². The zero-order valence-electron chi connectivity index (χ0n) is 28.3. The van der Waals surface area contributed by atoms with Gasteiger partial charge in [-0.25, -0.2) is 0 Å². The molecule has 6 heteroatoms. The number of aliphatic carboxylic acids is 1. The van der Waals surface area contributed by atoms with Crippen LogP contribution in [0.3, 0.4) is 0 Å². The van der Waals surface area contributed by atoms with Crippen LogP contribution in [-0.4, -0.2) is 36.2 Å². The Morgan fingerprint density at radius 1 is 0.860 bits per heavy atom. The van der Waals surface area contributed by atoms with Crippen molar-refractivity contribution >= 4 is 17.9 Å². The number of carboxylic acid groups (broad SMARTS) is 1. The standard InChI is InChI=1S/C37H58O6/c1-32(2)19-21-37(31(41)42-8)22-20-35(6)24(25(37)23-32)13-14-27-34(5)17-16-28(43-30(40)12-10-9-11-29(38)39)33(3,4)26(34)15-18-36(27,35)7/h13,25-28H,9-12,14-23H2,1-8H3,(H,38,39)/t25-,26-,27+,28-,34-,35+,36+,37-/m0/s1. The van der Waals surface area contributed by atoms with Crippen LogP contribution < -0.4 is 0 Å². The van der Waals surface area contributed by atoms with Crippen molar-refractivity contribution in [2.24, 2.45) is 50.2 Å². The topological polar surface area (TPSA) is 89.9 Å². The number of ether oxygens (including phenoxy) is 2. The number of carbonyl (C=O) groups excluding carboxylic acids is 2. The highest BCUT2D eigenvalue weighted by molar-refractivity contribution is 5.78. The van der Waals surface area contributed by atoms with Crippen LogP contribution in [0.1, 0.15) is 138 Å². The summed E-state index contributed by atoms with van der Waals surface area (Å²) in [5, 5.41) is 8.90. The second-order valence-corrected chi connectivity index (χ2v) is 17.3. The van der Waals surface area contributed by atoms with Crippen molar-refractivity contribution in [3.05, 3.63) is 11.6 Å². The van der Waals surface area contributed by atoms with E-state index in [2.05, 4.69) is 54.5 Å². The van der Waals surface area contributed by atoms with Gasteiger partial charge >= 0.3 is 17.9 Å². The Bertz CT molecular complexity index is 1170. The van der Waals surface area contributed by atoms with Crippen LogP contribution in [0.25, 0.3) is 0 Å². The zero-order chi connectivity index (χ0) is 31.6. The van der Waals surface area contributed by atoms with Crippen molar-refractivity contribution in [1.29, 1.82) is 0 Å². The molecule has 0 spiro atoms. The molecule has 0 aliphatic heterocycles. The third-order valence-corrected chi connectivity index (χ3v) is 14.5. The van der Waals surface area contributed by atoms with E-state index in [9.17, 15) is 14.4 Å². The first-order valence-electron chi connectivity index (χ1n) is 17.2. The number of rotatable bonds is 7. The van der Waals surface area contributed by atoms with E-state index in [-0.39, 0.29) is 62.9 Å². The molecule has 5 rings (SSSR count). The predicted molar refractivity (Wildman–Crippen MR) is 167 cm³/mol. The molecule has 5 aliphatic rings. The van der Waals surface area contributed by atoms with Crippen LogP contribution in [0.2, 0.25) is 0 Å². The molecular weight excluding hydrogens is 540 g/mol. The molecule has 0 amide bonds. The molecule has 242 valence electrons. The van der Waals surface area contributed by atoms with Crippen molar-refractivity contribution in [3.63, 3.8) is 0 Å². The lowest BCUT2D eigenvalue weighted by Gasteiger charge is -2.71. The number of hydrogen-bond acceptors (Lipinski definition) is 5. The van der Waals surface area contributed by atoms with E-state index in [0.29, 0.717) is 31.1 Å². The first-order chi connectivity index (χ1) is 20.0. The summed E-state index contributed by atoms with van der Waals surface area (Å²) in [6, 6.07) is 0. The largest absolute Gasteiger partial charge is 0.481 e. The van der Waals surface area contributed by atoms with E-state index >= 15 is 0 Å². The van der Waals surface area contributed by atoms with Crippen LogP contribution in [0.4, 0.5) is 0 Å². The summed E-state index contributed by atoms with van der Waals surface area (Å²) in [4.78, 5) is 37.1. The lowest BCUT2D eigenvalue weighted by Crippen LogP contribution is -2.65. The summed E-state index contributed by atoms with van der Waals surface area (Å²) >= 11 is 0. The van der Waals surface area contributed by atoms with Crippen LogP contribution >= 0.6 is 0 Å². The van der Waals surface area contributed by atoms with Gasteiger partial charge in [0.15, 0.2) is 0 Å². The van der Waals surface area contributed by atoms with Gasteiger partial charge in [0.2, 0.25) is 0 Å². The quantitative estimate of drug-likeness (QED) is 0.179. The lowest BCUT2D eigenvalue weighted by atomic mass is 9.33. The molecule has 0 heterocycles. The van der Waals surface area contributed by atoms with Gasteiger partial charge in [0, 0.05) is 18.3 Å². The molecule has 0 aromatic carbocycles. The second kappa shape index (κ2) is 10.9. The van der Waals surface area contributed by atoms with E-state index in [1.165, 1.54) is 0 Å². The molecule has 5 aliphatic carbocycles. The minimum Gasteiger partial charge on any atom is -0.481 e. The first-order valence-corrected chi connectivity index (χ1v) is 17.2. The Morgan fingerprint density at radius 3 is 2.21 bits per heavy atom. The van der Waals surface area contributed by atoms with E-state index in [1.807, 2.05) is 0 Å². The Balaban J connectivity index is 1.40. The van der Waals surface area contributed by atoms with E-state index in [0.717, 1.165) is 64.2 Å². The Hall–Kier alpha value is -1.85. The number of allylic oxidation sites excluding steroid dienone is 2. The zero-order valence-corrected chi connectivity index (χ0v) is 28.3. The number of fused-ring (bicyclic) bond motifs is 7. The number of carbonyl (C=O) groups is 3. The van der Waals surface area contributed by atoms with Crippen LogP contribution in [0.5, 0.6) is 0 Å². The molecule has 8 atom stereocenters. The average Bonchev–Trinajstić information content (AvgIpc) is 2.92. The van der Waals surface area contributed by atoms with Gasteiger partial charge in [0.1, 0.15) is 6.10 Å². The monoisotopic (exact) mass is 598 g/mol. The van der Waals surface area contributed by atoms with E-state index < -0.39 is 5.97 Å². The third kappa shape index (κ3) is 5.00. The van der Waals surface area contributed by atoms with Gasteiger partial charge in [-0.05, 0) is 116 Å². The number of unbranched alkanes of at least 4 members (excludes halogenated alkanes) is 1. The maximum Gasteiger partial charge on any atom is 0.312 e. The maximum absolute atomic E-state index is 13.5. The van der Waals surface area contributed by atoms with Crippen molar-refractivity contribution < 1.29 is 29.0 Å². The molecule has 0 unspecified atom stereocenters. The van der Waals surface area contributed by atoms with Gasteiger partial charge in [-0.1, -0.05) is 60.1 Å². The predicted octanol–water partition coefficient (Wildman–Crippen LogP) is 8.52. The van der Waals surface area contributed by atoms with Crippen molar-refractivity contribution in [3.8, 4) is 0 Å². The molecule has 43 heavy (non-hydrogen) atoms. The first kappa shape index (κ1) is 32.5. The highest BCUT2D eigenvalue weighted by atomic mass is 16.5.